The summed E-state index contributed by atoms with van der Waals surface area (Å²) in [6, 6.07) is 4.23. The van der Waals surface area contributed by atoms with Gasteiger partial charge in [-0.3, -0.25) is 4.98 Å². The molecule has 0 radical (unpaired) electrons. The van der Waals surface area contributed by atoms with Crippen LogP contribution in [0.2, 0.25) is 0 Å². The third-order valence-electron chi connectivity index (χ3n) is 3.25. The average Bonchev–Trinajstić information content (AvgIpc) is 2.29. The van der Waals surface area contributed by atoms with E-state index in [9.17, 15) is 0 Å². The first kappa shape index (κ1) is 11.6. The molecule has 0 aliphatic carbocycles. The van der Waals surface area contributed by atoms with Crippen LogP contribution in [0.1, 0.15) is 24.1 Å². The Bertz CT molecular complexity index is 336. The fourth-order valence-corrected chi connectivity index (χ4v) is 2.05. The molecule has 1 aliphatic heterocycles. The second-order valence-electron chi connectivity index (χ2n) is 4.72. The molecule has 2 heterocycles. The number of pyridine rings is 1. The van der Waals surface area contributed by atoms with Gasteiger partial charge in [-0.1, -0.05) is 13.0 Å². The van der Waals surface area contributed by atoms with Crippen molar-refractivity contribution in [2.45, 2.75) is 25.9 Å². The number of nitrogens with zero attached hydrogens (tertiary/aromatic N) is 2. The number of morpholine rings is 1. The van der Waals surface area contributed by atoms with Crippen molar-refractivity contribution in [2.24, 2.45) is 0 Å². The Kier molecular flexibility index (Phi) is 3.56. The summed E-state index contributed by atoms with van der Waals surface area (Å²) in [4.78, 5) is 6.80. The third-order valence-corrected chi connectivity index (χ3v) is 3.25. The van der Waals surface area contributed by atoms with Crippen LogP contribution >= 0.6 is 0 Å². The number of likely N-dealkylation sites (N-methyl/N-ethyl adjacent to an activating group) is 1. The topological polar surface area (TPSA) is 25.4 Å². The molecule has 1 unspecified atom stereocenters. The molecule has 0 bridgehead atoms. The number of rotatable bonds is 2. The lowest BCUT2D eigenvalue weighted by Crippen LogP contribution is -2.42. The molecule has 1 aromatic rings. The zero-order valence-electron chi connectivity index (χ0n) is 10.3. The number of hydrogen-bond donors (Lipinski definition) is 0. The summed E-state index contributed by atoms with van der Waals surface area (Å²) in [6.07, 6.45) is 2.20. The number of aromatic nitrogens is 1. The van der Waals surface area contributed by atoms with Gasteiger partial charge in [0.1, 0.15) is 0 Å². The van der Waals surface area contributed by atoms with Crippen LogP contribution in [0.4, 0.5) is 0 Å². The Morgan fingerprint density at radius 2 is 2.31 bits per heavy atom. The van der Waals surface area contributed by atoms with Gasteiger partial charge in [0, 0.05) is 30.9 Å². The highest BCUT2D eigenvalue weighted by Crippen LogP contribution is 2.22. The quantitative estimate of drug-likeness (QED) is 0.760. The first-order valence-electron chi connectivity index (χ1n) is 5.89. The molecule has 1 fully saturated rings. The van der Waals surface area contributed by atoms with Gasteiger partial charge in [0.2, 0.25) is 0 Å². The summed E-state index contributed by atoms with van der Waals surface area (Å²) in [6.45, 7) is 7.12. The largest absolute Gasteiger partial charge is 0.375 e. The van der Waals surface area contributed by atoms with Gasteiger partial charge in [-0.05, 0) is 25.6 Å². The minimum Gasteiger partial charge on any atom is -0.375 e. The van der Waals surface area contributed by atoms with E-state index in [0.717, 1.165) is 25.4 Å². The first-order valence-corrected chi connectivity index (χ1v) is 5.89. The van der Waals surface area contributed by atoms with E-state index in [0.29, 0.717) is 5.92 Å². The monoisotopic (exact) mass is 220 g/mol. The van der Waals surface area contributed by atoms with Crippen molar-refractivity contribution in [1.29, 1.82) is 0 Å². The van der Waals surface area contributed by atoms with E-state index in [1.165, 1.54) is 5.56 Å². The Hall–Kier alpha value is -0.930. The molecule has 3 nitrogen and oxygen atoms in total. The molecule has 16 heavy (non-hydrogen) atoms. The molecule has 2 rings (SSSR count). The highest BCUT2D eigenvalue weighted by atomic mass is 16.5. The Morgan fingerprint density at radius 1 is 1.50 bits per heavy atom. The minimum absolute atomic E-state index is 0.272. The molecular weight excluding hydrogens is 200 g/mol. The molecular formula is C13H20N2O. The molecule has 0 spiro atoms. The van der Waals surface area contributed by atoms with Crippen molar-refractivity contribution in [2.75, 3.05) is 26.7 Å². The third kappa shape index (κ3) is 2.60. The predicted molar refractivity (Wildman–Crippen MR) is 64.6 cm³/mol. The van der Waals surface area contributed by atoms with E-state index in [-0.39, 0.29) is 6.10 Å². The van der Waals surface area contributed by atoms with Crippen LogP contribution in [-0.2, 0) is 4.74 Å². The van der Waals surface area contributed by atoms with Crippen LogP contribution in [0.15, 0.2) is 18.3 Å². The standard InChI is InChI=1S/C13H20N2O/c1-10-4-5-12(14-8-10)11(2)13-9-15(3)6-7-16-13/h4-5,8,11,13H,6-7,9H2,1-3H3/t11?,13-/m1/s1. The van der Waals surface area contributed by atoms with Crippen molar-refractivity contribution in [3.8, 4) is 0 Å². The maximum atomic E-state index is 5.81. The Balaban J connectivity index is 2.06. The normalized spacial score (nSPS) is 24.3. The predicted octanol–water partition coefficient (Wildman–Crippen LogP) is 1.82. The maximum absolute atomic E-state index is 5.81. The average molecular weight is 220 g/mol. The molecule has 1 saturated heterocycles. The van der Waals surface area contributed by atoms with Gasteiger partial charge >= 0.3 is 0 Å². The zero-order chi connectivity index (χ0) is 11.5. The SMILES string of the molecule is Cc1ccc(C(C)[C@H]2CN(C)CCO2)nc1. The van der Waals surface area contributed by atoms with Crippen LogP contribution in [0.25, 0.3) is 0 Å². The molecule has 0 N–H and O–H groups in total. The maximum Gasteiger partial charge on any atom is 0.0783 e. The van der Waals surface area contributed by atoms with Crippen molar-refractivity contribution < 1.29 is 4.74 Å². The van der Waals surface area contributed by atoms with Gasteiger partial charge < -0.3 is 9.64 Å². The van der Waals surface area contributed by atoms with E-state index in [1.54, 1.807) is 0 Å². The summed E-state index contributed by atoms with van der Waals surface area (Å²) in [5.74, 6) is 0.364. The molecule has 2 atom stereocenters. The van der Waals surface area contributed by atoms with E-state index in [2.05, 4.69) is 42.9 Å². The van der Waals surface area contributed by atoms with Crippen LogP contribution < -0.4 is 0 Å². The van der Waals surface area contributed by atoms with Gasteiger partial charge in [0.25, 0.3) is 0 Å². The van der Waals surface area contributed by atoms with Crippen molar-refractivity contribution in [1.82, 2.24) is 9.88 Å². The smallest absolute Gasteiger partial charge is 0.0783 e. The molecule has 1 aromatic heterocycles. The minimum atomic E-state index is 0.272. The van der Waals surface area contributed by atoms with E-state index in [4.69, 9.17) is 4.74 Å². The molecule has 0 saturated carbocycles. The second-order valence-corrected chi connectivity index (χ2v) is 4.72. The second kappa shape index (κ2) is 4.93. The summed E-state index contributed by atoms with van der Waals surface area (Å²) < 4.78 is 5.81. The summed E-state index contributed by atoms with van der Waals surface area (Å²) in [5.41, 5.74) is 2.34. The van der Waals surface area contributed by atoms with Gasteiger partial charge in [-0.2, -0.15) is 0 Å². The highest BCUT2D eigenvalue weighted by Gasteiger charge is 2.25. The number of ether oxygens (including phenoxy) is 1. The van der Waals surface area contributed by atoms with Gasteiger partial charge in [-0.25, -0.2) is 0 Å². The van der Waals surface area contributed by atoms with Crippen LogP contribution in [0, 0.1) is 6.92 Å². The van der Waals surface area contributed by atoms with Gasteiger partial charge in [0.15, 0.2) is 0 Å². The summed E-state index contributed by atoms with van der Waals surface area (Å²) >= 11 is 0. The lowest BCUT2D eigenvalue weighted by atomic mass is 9.98. The van der Waals surface area contributed by atoms with Crippen LogP contribution in [0.5, 0.6) is 0 Å². The lowest BCUT2D eigenvalue weighted by Gasteiger charge is -2.33. The molecule has 88 valence electrons. The molecule has 1 aliphatic rings. The van der Waals surface area contributed by atoms with Crippen LogP contribution in [0.3, 0.4) is 0 Å². The Labute approximate surface area is 97.4 Å². The van der Waals surface area contributed by atoms with Gasteiger partial charge in [-0.15, -0.1) is 0 Å². The fourth-order valence-electron chi connectivity index (χ4n) is 2.05. The number of aryl methyl sites for hydroxylation is 1. The zero-order valence-corrected chi connectivity index (χ0v) is 10.3. The summed E-state index contributed by atoms with van der Waals surface area (Å²) in [5, 5.41) is 0. The fraction of sp³-hybridized carbons (Fsp3) is 0.615. The first-order chi connectivity index (χ1) is 7.66. The molecule has 3 heteroatoms. The van der Waals surface area contributed by atoms with Crippen LogP contribution in [-0.4, -0.2) is 42.7 Å². The Morgan fingerprint density at radius 3 is 2.94 bits per heavy atom. The van der Waals surface area contributed by atoms with Gasteiger partial charge in [0.05, 0.1) is 12.7 Å². The van der Waals surface area contributed by atoms with Crippen molar-refractivity contribution >= 4 is 0 Å². The van der Waals surface area contributed by atoms with Crippen molar-refractivity contribution in [3.63, 3.8) is 0 Å². The van der Waals surface area contributed by atoms with E-state index < -0.39 is 0 Å². The highest BCUT2D eigenvalue weighted by molar-refractivity contribution is 5.16. The van der Waals surface area contributed by atoms with E-state index >= 15 is 0 Å². The molecule has 0 amide bonds. The lowest BCUT2D eigenvalue weighted by molar-refractivity contribution is -0.0312. The van der Waals surface area contributed by atoms with E-state index in [1.807, 2.05) is 6.20 Å². The summed E-state index contributed by atoms with van der Waals surface area (Å²) in [7, 11) is 2.14. The van der Waals surface area contributed by atoms with Crippen molar-refractivity contribution in [3.05, 3.63) is 29.6 Å². The number of hydrogen-bond acceptors (Lipinski definition) is 3. The molecule has 0 aromatic carbocycles.